The molecule has 1 aromatic rings. The fraction of sp³-hybridized carbons (Fsp3) is 0.500. The number of rotatable bonds is 2. The minimum Gasteiger partial charge on any atom is -0.330 e. The second-order valence-electron chi connectivity index (χ2n) is 4.29. The fourth-order valence-corrected chi connectivity index (χ4v) is 3.41. The molecule has 2 N–H and O–H groups in total. The lowest BCUT2D eigenvalue weighted by Crippen LogP contribution is -2.32. The molecule has 1 aliphatic carbocycles. The van der Waals surface area contributed by atoms with Crippen molar-refractivity contribution in [3.05, 3.63) is 33.8 Å². The lowest BCUT2D eigenvalue weighted by Gasteiger charge is -2.29. The molecule has 0 heterocycles. The van der Waals surface area contributed by atoms with Crippen LogP contribution >= 0.6 is 23.2 Å². The molecule has 0 spiro atoms. The number of nitrogens with two attached hydrogens (primary N) is 1. The fourth-order valence-electron chi connectivity index (χ4n) is 2.61. The van der Waals surface area contributed by atoms with Gasteiger partial charge in [-0.25, -0.2) is 0 Å². The van der Waals surface area contributed by atoms with E-state index in [4.69, 9.17) is 28.9 Å². The summed E-state index contributed by atoms with van der Waals surface area (Å²) in [6, 6.07) is 5.68. The van der Waals surface area contributed by atoms with Crippen molar-refractivity contribution in [3.63, 3.8) is 0 Å². The Morgan fingerprint density at radius 3 is 2.13 bits per heavy atom. The van der Waals surface area contributed by atoms with E-state index in [2.05, 4.69) is 0 Å². The van der Waals surface area contributed by atoms with Gasteiger partial charge in [-0.3, -0.25) is 0 Å². The first-order valence-corrected chi connectivity index (χ1v) is 6.10. The molecule has 0 unspecified atom stereocenters. The van der Waals surface area contributed by atoms with Gasteiger partial charge in [0.25, 0.3) is 0 Å². The van der Waals surface area contributed by atoms with E-state index < -0.39 is 0 Å². The van der Waals surface area contributed by atoms with Crippen LogP contribution in [0.3, 0.4) is 0 Å². The van der Waals surface area contributed by atoms with Gasteiger partial charge in [0.2, 0.25) is 0 Å². The first-order chi connectivity index (χ1) is 7.19. The van der Waals surface area contributed by atoms with E-state index in [1.54, 1.807) is 0 Å². The summed E-state index contributed by atoms with van der Waals surface area (Å²) in [5, 5.41) is 1.52. The van der Waals surface area contributed by atoms with Gasteiger partial charge in [0, 0.05) is 22.0 Å². The molecule has 1 nitrogen and oxygen atoms in total. The lowest BCUT2D eigenvalue weighted by molar-refractivity contribution is 0.453. The average molecular weight is 244 g/mol. The molecular weight excluding hydrogens is 229 g/mol. The normalized spacial score (nSPS) is 19.4. The highest BCUT2D eigenvalue weighted by atomic mass is 35.5. The van der Waals surface area contributed by atoms with Gasteiger partial charge < -0.3 is 5.73 Å². The standard InChI is InChI=1S/C12H15Cl2N/c13-9-4-3-5-10(14)11(9)12(8-15)6-1-2-7-12/h3-5H,1-2,6-8,15H2. The van der Waals surface area contributed by atoms with Crippen LogP contribution in [0, 0.1) is 0 Å². The number of halogens is 2. The third-order valence-electron chi connectivity index (χ3n) is 3.44. The summed E-state index contributed by atoms with van der Waals surface area (Å²) in [6.07, 6.45) is 4.65. The Hall–Kier alpha value is -0.240. The molecule has 0 aromatic heterocycles. The summed E-state index contributed by atoms with van der Waals surface area (Å²) < 4.78 is 0. The highest BCUT2D eigenvalue weighted by Gasteiger charge is 2.37. The van der Waals surface area contributed by atoms with Crippen molar-refractivity contribution in [3.8, 4) is 0 Å². The summed E-state index contributed by atoms with van der Waals surface area (Å²) in [6.45, 7) is 0.635. The molecule has 2 rings (SSSR count). The van der Waals surface area contributed by atoms with Gasteiger partial charge in [0.05, 0.1) is 0 Å². The van der Waals surface area contributed by atoms with E-state index in [0.717, 1.165) is 28.5 Å². The summed E-state index contributed by atoms with van der Waals surface area (Å²) in [5.41, 5.74) is 7.01. The minimum absolute atomic E-state index is 0.0232. The lowest BCUT2D eigenvalue weighted by atomic mass is 9.79. The molecular formula is C12H15Cl2N. The van der Waals surface area contributed by atoms with Crippen molar-refractivity contribution in [2.75, 3.05) is 6.54 Å². The molecule has 3 heteroatoms. The van der Waals surface area contributed by atoms with Crippen LogP contribution < -0.4 is 5.73 Å². The Morgan fingerprint density at radius 2 is 1.67 bits per heavy atom. The van der Waals surface area contributed by atoms with Crippen LogP contribution in [-0.2, 0) is 5.41 Å². The van der Waals surface area contributed by atoms with Gasteiger partial charge in [-0.05, 0) is 30.5 Å². The quantitative estimate of drug-likeness (QED) is 0.842. The van der Waals surface area contributed by atoms with Crippen LogP contribution in [0.4, 0.5) is 0 Å². The third-order valence-corrected chi connectivity index (χ3v) is 4.07. The van der Waals surface area contributed by atoms with Crippen molar-refractivity contribution in [1.29, 1.82) is 0 Å². The molecule has 0 bridgehead atoms. The Bertz CT molecular complexity index is 336. The largest absolute Gasteiger partial charge is 0.330 e. The van der Waals surface area contributed by atoms with Crippen LogP contribution in [0.1, 0.15) is 31.2 Å². The van der Waals surface area contributed by atoms with Gasteiger partial charge in [0.15, 0.2) is 0 Å². The third kappa shape index (κ3) is 1.89. The van der Waals surface area contributed by atoms with E-state index in [-0.39, 0.29) is 5.41 Å². The van der Waals surface area contributed by atoms with E-state index in [9.17, 15) is 0 Å². The first-order valence-electron chi connectivity index (χ1n) is 5.34. The topological polar surface area (TPSA) is 26.0 Å². The Balaban J connectivity index is 2.51. The van der Waals surface area contributed by atoms with Crippen LogP contribution in [-0.4, -0.2) is 6.54 Å². The number of benzene rings is 1. The first kappa shape index (κ1) is 11.3. The molecule has 0 aliphatic heterocycles. The van der Waals surface area contributed by atoms with Gasteiger partial charge in [0.1, 0.15) is 0 Å². The Morgan fingerprint density at radius 1 is 1.13 bits per heavy atom. The van der Waals surface area contributed by atoms with Crippen LogP contribution in [0.25, 0.3) is 0 Å². The maximum Gasteiger partial charge on any atom is 0.0459 e. The van der Waals surface area contributed by atoms with Crippen LogP contribution in [0.15, 0.2) is 18.2 Å². The summed E-state index contributed by atoms with van der Waals surface area (Å²) in [4.78, 5) is 0. The second-order valence-corrected chi connectivity index (χ2v) is 5.10. The van der Waals surface area contributed by atoms with Gasteiger partial charge >= 0.3 is 0 Å². The Kier molecular flexibility index (Phi) is 3.24. The molecule has 82 valence electrons. The summed E-state index contributed by atoms with van der Waals surface area (Å²) in [5.74, 6) is 0. The SMILES string of the molecule is NCC1(c2c(Cl)cccc2Cl)CCCC1. The maximum atomic E-state index is 6.24. The zero-order valence-corrected chi connectivity index (χ0v) is 10.1. The van der Waals surface area contributed by atoms with Crippen molar-refractivity contribution in [2.45, 2.75) is 31.1 Å². The molecule has 1 saturated carbocycles. The zero-order chi connectivity index (χ0) is 10.9. The molecule has 1 aliphatic rings. The molecule has 0 saturated heterocycles. The minimum atomic E-state index is 0.0232. The van der Waals surface area contributed by atoms with Crippen molar-refractivity contribution in [2.24, 2.45) is 5.73 Å². The molecule has 1 fully saturated rings. The van der Waals surface area contributed by atoms with Crippen molar-refractivity contribution in [1.82, 2.24) is 0 Å². The predicted molar refractivity (Wildman–Crippen MR) is 65.7 cm³/mol. The highest BCUT2D eigenvalue weighted by molar-refractivity contribution is 6.36. The van der Waals surface area contributed by atoms with Gasteiger partial charge in [-0.1, -0.05) is 42.1 Å². The van der Waals surface area contributed by atoms with Gasteiger partial charge in [-0.2, -0.15) is 0 Å². The second kappa shape index (κ2) is 4.32. The monoisotopic (exact) mass is 243 g/mol. The van der Waals surface area contributed by atoms with E-state index in [1.807, 2.05) is 18.2 Å². The smallest absolute Gasteiger partial charge is 0.0459 e. The molecule has 15 heavy (non-hydrogen) atoms. The summed E-state index contributed by atoms with van der Waals surface area (Å²) in [7, 11) is 0. The highest BCUT2D eigenvalue weighted by Crippen LogP contribution is 2.45. The zero-order valence-electron chi connectivity index (χ0n) is 8.60. The molecule has 0 atom stereocenters. The molecule has 1 aromatic carbocycles. The van der Waals surface area contributed by atoms with Crippen molar-refractivity contribution < 1.29 is 0 Å². The Labute approximate surface area is 101 Å². The van der Waals surface area contributed by atoms with E-state index in [0.29, 0.717) is 6.54 Å². The van der Waals surface area contributed by atoms with Crippen LogP contribution in [0.2, 0.25) is 10.0 Å². The molecule has 0 amide bonds. The van der Waals surface area contributed by atoms with Crippen molar-refractivity contribution >= 4 is 23.2 Å². The summed E-state index contributed by atoms with van der Waals surface area (Å²) >= 11 is 12.5. The number of hydrogen-bond donors (Lipinski definition) is 1. The van der Waals surface area contributed by atoms with E-state index in [1.165, 1.54) is 12.8 Å². The average Bonchev–Trinajstić information content (AvgIpc) is 2.67. The van der Waals surface area contributed by atoms with Crippen LogP contribution in [0.5, 0.6) is 0 Å². The van der Waals surface area contributed by atoms with Gasteiger partial charge in [-0.15, -0.1) is 0 Å². The maximum absolute atomic E-state index is 6.24. The molecule has 0 radical (unpaired) electrons. The predicted octanol–water partition coefficient (Wildman–Crippen LogP) is 3.76. The van der Waals surface area contributed by atoms with E-state index >= 15 is 0 Å². The number of hydrogen-bond acceptors (Lipinski definition) is 1.